The van der Waals surface area contributed by atoms with Crippen LogP contribution in [-0.4, -0.2) is 32.3 Å². The SMILES string of the molecule is CCOC(=O)c1nc(N)c(=O)n(-c2ccc(C(F)(F)F)cn2)n1. The summed E-state index contributed by atoms with van der Waals surface area (Å²) in [5.74, 6) is -2.25. The summed E-state index contributed by atoms with van der Waals surface area (Å²) in [4.78, 5) is 30.5. The van der Waals surface area contributed by atoms with Crippen LogP contribution in [0.15, 0.2) is 23.1 Å². The van der Waals surface area contributed by atoms with Crippen LogP contribution in [0.3, 0.4) is 0 Å². The number of carbonyl (C=O) groups excluding carboxylic acids is 1. The van der Waals surface area contributed by atoms with Crippen molar-refractivity contribution in [2.45, 2.75) is 13.1 Å². The van der Waals surface area contributed by atoms with Crippen molar-refractivity contribution < 1.29 is 22.7 Å². The number of pyridine rings is 1. The molecule has 0 fully saturated rings. The van der Waals surface area contributed by atoms with Gasteiger partial charge < -0.3 is 10.5 Å². The smallest absolute Gasteiger partial charge is 0.417 e. The number of ether oxygens (including phenoxy) is 1. The van der Waals surface area contributed by atoms with Gasteiger partial charge in [0.1, 0.15) is 0 Å². The number of carbonyl (C=O) groups is 1. The Morgan fingerprint density at radius 2 is 2.09 bits per heavy atom. The second-order valence-electron chi connectivity index (χ2n) is 4.16. The molecule has 0 amide bonds. The number of aromatic nitrogens is 4. The van der Waals surface area contributed by atoms with Gasteiger partial charge in [-0.25, -0.2) is 9.78 Å². The average molecular weight is 329 g/mol. The van der Waals surface area contributed by atoms with Gasteiger partial charge in [0, 0.05) is 6.20 Å². The Labute approximate surface area is 126 Å². The van der Waals surface area contributed by atoms with E-state index in [9.17, 15) is 22.8 Å². The third kappa shape index (κ3) is 3.44. The molecule has 0 radical (unpaired) electrons. The Balaban J connectivity index is 2.50. The topological polar surface area (TPSA) is 113 Å². The van der Waals surface area contributed by atoms with Crippen molar-refractivity contribution in [3.8, 4) is 5.82 Å². The van der Waals surface area contributed by atoms with E-state index in [1.54, 1.807) is 6.92 Å². The molecule has 0 unspecified atom stereocenters. The molecule has 0 atom stereocenters. The molecule has 122 valence electrons. The molecule has 0 saturated carbocycles. The summed E-state index contributed by atoms with van der Waals surface area (Å²) in [6, 6.07) is 1.64. The van der Waals surface area contributed by atoms with Gasteiger partial charge in [0.2, 0.25) is 0 Å². The summed E-state index contributed by atoms with van der Waals surface area (Å²) in [7, 11) is 0. The molecule has 11 heteroatoms. The highest BCUT2D eigenvalue weighted by atomic mass is 19.4. The normalized spacial score (nSPS) is 11.3. The quantitative estimate of drug-likeness (QED) is 0.829. The van der Waals surface area contributed by atoms with Crippen LogP contribution in [0.4, 0.5) is 19.0 Å². The lowest BCUT2D eigenvalue weighted by atomic mass is 10.3. The van der Waals surface area contributed by atoms with Crippen LogP contribution in [0.25, 0.3) is 5.82 Å². The van der Waals surface area contributed by atoms with Crippen molar-refractivity contribution >= 4 is 11.8 Å². The van der Waals surface area contributed by atoms with Crippen LogP contribution in [0.1, 0.15) is 23.1 Å². The number of nitrogens with zero attached hydrogens (tertiary/aromatic N) is 4. The van der Waals surface area contributed by atoms with Crippen LogP contribution in [-0.2, 0) is 10.9 Å². The monoisotopic (exact) mass is 329 g/mol. The molecule has 0 aliphatic rings. The standard InChI is InChI=1S/C12H10F3N5O3/c1-2-23-11(22)9-18-8(16)10(21)20(19-9)7-4-3-6(5-17-7)12(13,14)15/h3-5H,2H2,1H3,(H2,16,18,19). The number of anilines is 1. The van der Waals surface area contributed by atoms with Gasteiger partial charge in [0.25, 0.3) is 5.82 Å². The first kappa shape index (κ1) is 16.4. The predicted octanol–water partition coefficient (Wildman–Crippen LogP) is 0.800. The average Bonchev–Trinajstić information content (AvgIpc) is 2.49. The fraction of sp³-hybridized carbons (Fsp3) is 0.250. The lowest BCUT2D eigenvalue weighted by Gasteiger charge is -2.09. The molecule has 23 heavy (non-hydrogen) atoms. The van der Waals surface area contributed by atoms with Crippen molar-refractivity contribution in [1.29, 1.82) is 0 Å². The molecule has 8 nitrogen and oxygen atoms in total. The summed E-state index contributed by atoms with van der Waals surface area (Å²) >= 11 is 0. The maximum atomic E-state index is 12.5. The first-order valence-electron chi connectivity index (χ1n) is 6.21. The third-order valence-electron chi connectivity index (χ3n) is 2.58. The summed E-state index contributed by atoms with van der Waals surface area (Å²) in [6.45, 7) is 1.59. The van der Waals surface area contributed by atoms with E-state index in [2.05, 4.69) is 19.8 Å². The molecular weight excluding hydrogens is 319 g/mol. The van der Waals surface area contributed by atoms with E-state index < -0.39 is 34.9 Å². The van der Waals surface area contributed by atoms with E-state index >= 15 is 0 Å². The Bertz CT molecular complexity index is 786. The highest BCUT2D eigenvalue weighted by Crippen LogP contribution is 2.28. The zero-order valence-electron chi connectivity index (χ0n) is 11.7. The van der Waals surface area contributed by atoms with Crippen molar-refractivity contribution in [3.63, 3.8) is 0 Å². The minimum atomic E-state index is -4.57. The Morgan fingerprint density at radius 3 is 2.61 bits per heavy atom. The summed E-state index contributed by atoms with van der Waals surface area (Å²) < 4.78 is 42.8. The molecule has 0 aromatic carbocycles. The van der Waals surface area contributed by atoms with Gasteiger partial charge in [-0.05, 0) is 19.1 Å². The fourth-order valence-corrected chi connectivity index (χ4v) is 1.55. The highest BCUT2D eigenvalue weighted by molar-refractivity contribution is 5.85. The Hall–Kier alpha value is -2.98. The largest absolute Gasteiger partial charge is 0.460 e. The zero-order chi connectivity index (χ0) is 17.2. The number of rotatable bonds is 3. The van der Waals surface area contributed by atoms with Gasteiger partial charge >= 0.3 is 17.7 Å². The maximum absolute atomic E-state index is 12.5. The lowest BCUT2D eigenvalue weighted by Crippen LogP contribution is -2.29. The fourth-order valence-electron chi connectivity index (χ4n) is 1.55. The van der Waals surface area contributed by atoms with Crippen molar-refractivity contribution in [2.75, 3.05) is 12.3 Å². The van der Waals surface area contributed by atoms with Crippen LogP contribution < -0.4 is 11.3 Å². The molecule has 2 aromatic rings. The molecule has 2 aromatic heterocycles. The van der Waals surface area contributed by atoms with E-state index in [0.717, 1.165) is 12.1 Å². The number of alkyl halides is 3. The molecule has 0 bridgehead atoms. The number of hydrogen-bond acceptors (Lipinski definition) is 7. The van der Waals surface area contributed by atoms with Crippen LogP contribution in [0.5, 0.6) is 0 Å². The Kier molecular flexibility index (Phi) is 4.29. The summed E-state index contributed by atoms with van der Waals surface area (Å²) in [6.07, 6.45) is -4.04. The first-order valence-corrected chi connectivity index (χ1v) is 6.21. The molecule has 0 saturated heterocycles. The summed E-state index contributed by atoms with van der Waals surface area (Å²) in [5, 5.41) is 3.61. The predicted molar refractivity (Wildman–Crippen MR) is 70.8 cm³/mol. The van der Waals surface area contributed by atoms with Crippen molar-refractivity contribution in [3.05, 3.63) is 40.1 Å². The van der Waals surface area contributed by atoms with Crippen molar-refractivity contribution in [1.82, 2.24) is 19.7 Å². The molecule has 0 aliphatic carbocycles. The number of hydrogen-bond donors (Lipinski definition) is 1. The van der Waals surface area contributed by atoms with E-state index in [-0.39, 0.29) is 12.4 Å². The first-order chi connectivity index (χ1) is 10.7. The van der Waals surface area contributed by atoms with Gasteiger partial charge in [0.05, 0.1) is 12.2 Å². The molecule has 2 heterocycles. The second-order valence-corrected chi connectivity index (χ2v) is 4.16. The van der Waals surface area contributed by atoms with Gasteiger partial charge in [-0.1, -0.05) is 0 Å². The van der Waals surface area contributed by atoms with Gasteiger partial charge in [-0.2, -0.15) is 22.8 Å². The molecule has 0 spiro atoms. The molecular formula is C12H10F3N5O3. The maximum Gasteiger partial charge on any atom is 0.417 e. The Morgan fingerprint density at radius 1 is 1.39 bits per heavy atom. The van der Waals surface area contributed by atoms with Gasteiger partial charge in [0.15, 0.2) is 11.6 Å². The molecule has 0 aliphatic heterocycles. The molecule has 2 N–H and O–H groups in total. The van der Waals surface area contributed by atoms with Gasteiger partial charge in [-0.15, -0.1) is 5.10 Å². The van der Waals surface area contributed by atoms with Crippen LogP contribution >= 0.6 is 0 Å². The summed E-state index contributed by atoms with van der Waals surface area (Å²) in [5.41, 5.74) is 3.47. The van der Waals surface area contributed by atoms with E-state index in [4.69, 9.17) is 5.73 Å². The lowest BCUT2D eigenvalue weighted by molar-refractivity contribution is -0.137. The van der Waals surface area contributed by atoms with Crippen LogP contribution in [0.2, 0.25) is 0 Å². The number of nitrogen functional groups attached to an aromatic ring is 1. The van der Waals surface area contributed by atoms with Crippen molar-refractivity contribution in [2.24, 2.45) is 0 Å². The third-order valence-corrected chi connectivity index (χ3v) is 2.58. The minimum Gasteiger partial charge on any atom is -0.460 e. The van der Waals surface area contributed by atoms with E-state index in [1.807, 2.05) is 0 Å². The van der Waals surface area contributed by atoms with E-state index in [0.29, 0.717) is 10.9 Å². The number of esters is 1. The van der Waals surface area contributed by atoms with E-state index in [1.165, 1.54) is 0 Å². The minimum absolute atomic E-state index is 0.0414. The second kappa shape index (κ2) is 6.02. The van der Waals surface area contributed by atoms with Gasteiger partial charge in [-0.3, -0.25) is 4.79 Å². The molecule has 2 rings (SSSR count). The number of nitrogens with two attached hydrogens (primary N) is 1. The number of halogens is 3. The zero-order valence-corrected chi connectivity index (χ0v) is 11.7. The van der Waals surface area contributed by atoms with Crippen LogP contribution in [0, 0.1) is 0 Å². The highest BCUT2D eigenvalue weighted by Gasteiger charge is 2.30.